The van der Waals surface area contributed by atoms with Crippen LogP contribution in [0.25, 0.3) is 0 Å². The Balaban J connectivity index is 2.41. The fourth-order valence-electron chi connectivity index (χ4n) is 1.58. The lowest BCUT2D eigenvalue weighted by molar-refractivity contribution is -0.702. The van der Waals surface area contributed by atoms with Gasteiger partial charge < -0.3 is 26.3 Å². The summed E-state index contributed by atoms with van der Waals surface area (Å²) in [6, 6.07) is 1.35. The number of nitrogen functional groups attached to an aromatic ring is 3. The Morgan fingerprint density at radius 1 is 1.21 bits per heavy atom. The van der Waals surface area contributed by atoms with E-state index in [2.05, 4.69) is 5.32 Å². The first-order valence-electron chi connectivity index (χ1n) is 5.41. The van der Waals surface area contributed by atoms with E-state index in [0.29, 0.717) is 0 Å². The molecule has 9 heteroatoms. The first-order valence-corrected chi connectivity index (χ1v) is 5.41. The lowest BCUT2D eigenvalue weighted by Gasteiger charge is -2.18. The van der Waals surface area contributed by atoms with Crippen LogP contribution in [0.15, 0.2) is 23.0 Å². The third-order valence-corrected chi connectivity index (χ3v) is 2.76. The fraction of sp³-hybridized carbons (Fsp3) is 0.200. The molecule has 0 saturated heterocycles. The van der Waals surface area contributed by atoms with Gasteiger partial charge in [0.15, 0.2) is 5.69 Å². The average molecular weight is 266 g/mol. The smallest absolute Gasteiger partial charge is 0.454 e. The Hall–Kier alpha value is -2.84. The first kappa shape index (κ1) is 12.6. The van der Waals surface area contributed by atoms with Gasteiger partial charge in [-0.2, -0.15) is 9.46 Å². The molecule has 0 bridgehead atoms. The summed E-state index contributed by atoms with van der Waals surface area (Å²) in [5, 5.41) is 26.3. The minimum absolute atomic E-state index is 0.204. The molecule has 1 unspecified atom stereocenters. The maximum atomic E-state index is 11.8. The Morgan fingerprint density at radius 3 is 2.26 bits per heavy atom. The molecule has 0 spiro atoms. The highest BCUT2D eigenvalue weighted by Gasteiger charge is 2.25. The molecule has 2 aromatic rings. The van der Waals surface area contributed by atoms with Crippen molar-refractivity contribution in [3.8, 4) is 0 Å². The number of nitrogens with zero attached hydrogens (tertiary/aromatic N) is 2. The van der Waals surface area contributed by atoms with Crippen molar-refractivity contribution >= 4 is 23.3 Å². The van der Waals surface area contributed by atoms with Gasteiger partial charge in [0.05, 0.1) is 12.5 Å². The van der Waals surface area contributed by atoms with E-state index < -0.39 is 0 Å². The summed E-state index contributed by atoms with van der Waals surface area (Å²) in [5.74, 6) is -1.00. The quantitative estimate of drug-likeness (QED) is 0.429. The van der Waals surface area contributed by atoms with Crippen LogP contribution in [0.5, 0.6) is 0 Å². The number of hydrogen-bond donors (Lipinski definition) is 4. The zero-order valence-corrected chi connectivity index (χ0v) is 10.2. The molecule has 2 aromatic heterocycles. The number of aromatic nitrogens is 2. The number of anilines is 4. The van der Waals surface area contributed by atoms with Crippen molar-refractivity contribution in [3.05, 3.63) is 34.6 Å². The van der Waals surface area contributed by atoms with Crippen molar-refractivity contribution in [2.75, 3.05) is 22.5 Å². The summed E-state index contributed by atoms with van der Waals surface area (Å²) in [4.78, 5) is 0. The number of rotatable bonds is 3. The van der Waals surface area contributed by atoms with Gasteiger partial charge in [-0.05, 0) is 13.0 Å². The van der Waals surface area contributed by atoms with Crippen molar-refractivity contribution in [2.24, 2.45) is 0 Å². The molecule has 0 aliphatic heterocycles. The monoisotopic (exact) mass is 266 g/mol. The van der Waals surface area contributed by atoms with E-state index in [1.807, 2.05) is 0 Å². The molecule has 1 atom stereocenters. The molecule has 0 saturated carbocycles. The average Bonchev–Trinajstić information content (AvgIpc) is 2.93. The van der Waals surface area contributed by atoms with E-state index in [-0.39, 0.29) is 38.8 Å². The van der Waals surface area contributed by atoms with Crippen molar-refractivity contribution in [1.29, 1.82) is 0 Å². The van der Waals surface area contributed by atoms with Gasteiger partial charge in [0, 0.05) is 5.56 Å². The standard InChI is InChI=1S/C10H14N6O3/c1-5(6-2-3-19-4-6)14-10-15(17)8(12)7(11)9(13)16(10)18/h2-5,14H,11-13H2,1H3. The predicted octanol–water partition coefficient (Wildman–Crippen LogP) is -0.534. The third kappa shape index (κ3) is 2.01. The van der Waals surface area contributed by atoms with Crippen LogP contribution in [0.1, 0.15) is 18.5 Å². The Morgan fingerprint density at radius 2 is 1.79 bits per heavy atom. The van der Waals surface area contributed by atoms with Crippen molar-refractivity contribution in [2.45, 2.75) is 13.0 Å². The molecule has 0 amide bonds. The van der Waals surface area contributed by atoms with E-state index in [1.54, 1.807) is 13.0 Å². The normalized spacial score (nSPS) is 12.3. The van der Waals surface area contributed by atoms with Crippen molar-refractivity contribution in [1.82, 2.24) is 0 Å². The van der Waals surface area contributed by atoms with Gasteiger partial charge in [-0.3, -0.25) is 5.73 Å². The number of hydrogen-bond acceptors (Lipinski definition) is 7. The molecule has 0 aliphatic carbocycles. The molecular weight excluding hydrogens is 252 g/mol. The lowest BCUT2D eigenvalue weighted by atomic mass is 10.2. The van der Waals surface area contributed by atoms with Crippen LogP contribution in [0.2, 0.25) is 0 Å². The second kappa shape index (κ2) is 4.44. The van der Waals surface area contributed by atoms with Crippen LogP contribution in [-0.4, -0.2) is 0 Å². The van der Waals surface area contributed by atoms with Gasteiger partial charge in [0.1, 0.15) is 6.04 Å². The van der Waals surface area contributed by atoms with Crippen LogP contribution < -0.4 is 32.0 Å². The van der Waals surface area contributed by atoms with Crippen LogP contribution in [-0.2, 0) is 0 Å². The summed E-state index contributed by atoms with van der Waals surface area (Å²) in [6.07, 6.45) is 2.97. The summed E-state index contributed by atoms with van der Waals surface area (Å²) < 4.78 is 5.33. The molecular formula is C10H14N6O3. The first-order chi connectivity index (χ1) is 8.93. The molecule has 2 rings (SSSR count). The van der Waals surface area contributed by atoms with E-state index in [4.69, 9.17) is 21.6 Å². The number of nitrogens with one attached hydrogen (secondary N) is 1. The van der Waals surface area contributed by atoms with Crippen LogP contribution in [0.3, 0.4) is 0 Å². The molecule has 2 heterocycles. The lowest BCUT2D eigenvalue weighted by Crippen LogP contribution is -2.50. The van der Waals surface area contributed by atoms with Crippen LogP contribution in [0, 0.1) is 10.4 Å². The maximum absolute atomic E-state index is 11.8. The van der Waals surface area contributed by atoms with Crippen LogP contribution >= 0.6 is 0 Å². The van der Waals surface area contributed by atoms with Gasteiger partial charge in [-0.15, -0.1) is 0 Å². The number of nitrogens with two attached hydrogens (primary N) is 3. The SMILES string of the molecule is CC(Nc1[n+]([O-])c(N)c(N)c(N)[n+]1[O-])c1ccoc1. The van der Waals surface area contributed by atoms with E-state index in [0.717, 1.165) is 5.56 Å². The summed E-state index contributed by atoms with van der Waals surface area (Å²) in [6.45, 7) is 1.74. The van der Waals surface area contributed by atoms with Crippen LogP contribution in [0.4, 0.5) is 23.3 Å². The van der Waals surface area contributed by atoms with Gasteiger partial charge >= 0.3 is 11.8 Å². The second-order valence-electron chi connectivity index (χ2n) is 4.02. The largest absolute Gasteiger partial charge is 0.706 e. The minimum atomic E-state index is -0.349. The second-order valence-corrected chi connectivity index (χ2v) is 4.02. The highest BCUT2D eigenvalue weighted by molar-refractivity contribution is 5.66. The Labute approximate surface area is 108 Å². The van der Waals surface area contributed by atoms with Crippen molar-refractivity contribution < 1.29 is 13.9 Å². The summed E-state index contributed by atoms with van der Waals surface area (Å²) in [5.41, 5.74) is 16.9. The molecule has 0 aromatic carbocycles. The summed E-state index contributed by atoms with van der Waals surface area (Å²) in [7, 11) is 0. The molecule has 0 radical (unpaired) electrons. The zero-order valence-electron chi connectivity index (χ0n) is 10.2. The highest BCUT2D eigenvalue weighted by atomic mass is 16.5. The topological polar surface area (TPSA) is 157 Å². The van der Waals surface area contributed by atoms with E-state index in [9.17, 15) is 10.4 Å². The van der Waals surface area contributed by atoms with E-state index >= 15 is 0 Å². The van der Waals surface area contributed by atoms with Crippen molar-refractivity contribution in [3.63, 3.8) is 0 Å². The van der Waals surface area contributed by atoms with E-state index in [1.165, 1.54) is 12.5 Å². The maximum Gasteiger partial charge on any atom is 0.454 e. The highest BCUT2D eigenvalue weighted by Crippen LogP contribution is 2.20. The van der Waals surface area contributed by atoms with Gasteiger partial charge in [-0.1, -0.05) is 0 Å². The molecule has 9 nitrogen and oxygen atoms in total. The Bertz CT molecular complexity index is 569. The molecule has 102 valence electrons. The number of furan rings is 1. The minimum Gasteiger partial charge on any atom is -0.706 e. The predicted molar refractivity (Wildman–Crippen MR) is 68.3 cm³/mol. The van der Waals surface area contributed by atoms with Gasteiger partial charge in [0.2, 0.25) is 5.82 Å². The zero-order chi connectivity index (χ0) is 14.2. The third-order valence-electron chi connectivity index (χ3n) is 2.76. The Kier molecular flexibility index (Phi) is 2.95. The molecule has 19 heavy (non-hydrogen) atoms. The fourth-order valence-corrected chi connectivity index (χ4v) is 1.58. The molecule has 0 aliphatic rings. The molecule has 0 fully saturated rings. The molecule has 7 N–H and O–H groups in total. The van der Waals surface area contributed by atoms with Gasteiger partial charge in [-0.25, -0.2) is 5.32 Å². The van der Waals surface area contributed by atoms with Gasteiger partial charge in [0.25, 0.3) is 0 Å². The summed E-state index contributed by atoms with van der Waals surface area (Å²) >= 11 is 0.